The third-order valence-electron chi connectivity index (χ3n) is 4.38. The van der Waals surface area contributed by atoms with Gasteiger partial charge in [-0.25, -0.2) is 4.98 Å². The van der Waals surface area contributed by atoms with Crippen molar-refractivity contribution in [3.63, 3.8) is 0 Å². The van der Waals surface area contributed by atoms with E-state index in [0.717, 1.165) is 43.1 Å². The minimum absolute atomic E-state index is 0.0487. The van der Waals surface area contributed by atoms with E-state index in [1.165, 1.54) is 0 Å². The van der Waals surface area contributed by atoms with Crippen molar-refractivity contribution < 1.29 is 9.53 Å². The number of carbonyl (C=O) groups excluding carboxylic acids is 1. The lowest BCUT2D eigenvalue weighted by atomic mass is 9.96. The first-order valence-corrected chi connectivity index (χ1v) is 8.18. The molecule has 1 saturated heterocycles. The Morgan fingerprint density at radius 3 is 2.79 bits per heavy atom. The number of carbonyl (C=O) groups is 1. The fourth-order valence-electron chi connectivity index (χ4n) is 3.00. The van der Waals surface area contributed by atoms with E-state index in [1.54, 1.807) is 25.7 Å². The van der Waals surface area contributed by atoms with Crippen LogP contribution in [-0.2, 0) is 11.3 Å². The summed E-state index contributed by atoms with van der Waals surface area (Å²) in [6, 6.07) is 7.74. The van der Waals surface area contributed by atoms with E-state index >= 15 is 0 Å². The Labute approximate surface area is 141 Å². The topological polar surface area (TPSA) is 67.3 Å². The SMILES string of the molecule is COc1ccccc1CNC(=O)C1CCN(c2cnccn2)CC1. The van der Waals surface area contributed by atoms with Gasteiger partial charge in [0.2, 0.25) is 5.91 Å². The minimum atomic E-state index is 0.0487. The summed E-state index contributed by atoms with van der Waals surface area (Å²) in [5, 5.41) is 3.03. The number of hydrogen-bond acceptors (Lipinski definition) is 5. The Morgan fingerprint density at radius 2 is 2.08 bits per heavy atom. The van der Waals surface area contributed by atoms with Gasteiger partial charge in [-0.15, -0.1) is 0 Å². The summed E-state index contributed by atoms with van der Waals surface area (Å²) in [4.78, 5) is 23.0. The molecule has 0 atom stereocenters. The molecule has 3 rings (SSSR count). The van der Waals surface area contributed by atoms with E-state index in [2.05, 4.69) is 20.2 Å². The zero-order valence-electron chi connectivity index (χ0n) is 13.8. The number of piperidine rings is 1. The maximum Gasteiger partial charge on any atom is 0.223 e. The van der Waals surface area contributed by atoms with Gasteiger partial charge in [-0.3, -0.25) is 9.78 Å². The van der Waals surface area contributed by atoms with E-state index < -0.39 is 0 Å². The predicted octanol–water partition coefficient (Wildman–Crippen LogP) is 2.02. The van der Waals surface area contributed by atoms with Gasteiger partial charge in [0.1, 0.15) is 11.6 Å². The van der Waals surface area contributed by atoms with Crippen molar-refractivity contribution in [1.29, 1.82) is 0 Å². The van der Waals surface area contributed by atoms with Crippen LogP contribution in [0.5, 0.6) is 5.75 Å². The van der Waals surface area contributed by atoms with Crippen LogP contribution in [0.2, 0.25) is 0 Å². The molecule has 0 bridgehead atoms. The van der Waals surface area contributed by atoms with Crippen LogP contribution in [0.3, 0.4) is 0 Å². The number of nitrogens with zero attached hydrogens (tertiary/aromatic N) is 3. The van der Waals surface area contributed by atoms with Crippen molar-refractivity contribution in [2.45, 2.75) is 19.4 Å². The van der Waals surface area contributed by atoms with Gasteiger partial charge in [-0.2, -0.15) is 0 Å². The maximum absolute atomic E-state index is 12.4. The largest absolute Gasteiger partial charge is 0.496 e. The number of para-hydroxylation sites is 1. The monoisotopic (exact) mass is 326 g/mol. The summed E-state index contributed by atoms with van der Waals surface area (Å²) < 4.78 is 5.32. The third-order valence-corrected chi connectivity index (χ3v) is 4.38. The van der Waals surface area contributed by atoms with Crippen molar-refractivity contribution in [1.82, 2.24) is 15.3 Å². The number of benzene rings is 1. The van der Waals surface area contributed by atoms with Gasteiger partial charge < -0.3 is 15.0 Å². The molecule has 1 aromatic heterocycles. The number of hydrogen-bond donors (Lipinski definition) is 1. The van der Waals surface area contributed by atoms with Gasteiger partial charge in [-0.1, -0.05) is 18.2 Å². The molecule has 24 heavy (non-hydrogen) atoms. The van der Waals surface area contributed by atoms with Crippen LogP contribution in [0, 0.1) is 5.92 Å². The number of amides is 1. The first kappa shape index (κ1) is 16.2. The summed E-state index contributed by atoms with van der Waals surface area (Å²) in [5.74, 6) is 1.84. The molecule has 1 aliphatic rings. The number of nitrogens with one attached hydrogen (secondary N) is 1. The summed E-state index contributed by atoms with van der Waals surface area (Å²) in [5.41, 5.74) is 0.991. The Morgan fingerprint density at radius 1 is 1.29 bits per heavy atom. The zero-order valence-corrected chi connectivity index (χ0v) is 13.8. The molecular weight excluding hydrogens is 304 g/mol. The van der Waals surface area contributed by atoms with Gasteiger partial charge in [0.25, 0.3) is 0 Å². The Bertz CT molecular complexity index is 670. The number of methoxy groups -OCH3 is 1. The van der Waals surface area contributed by atoms with Crippen LogP contribution in [0.15, 0.2) is 42.9 Å². The molecule has 2 aromatic rings. The lowest BCUT2D eigenvalue weighted by Gasteiger charge is -2.31. The van der Waals surface area contributed by atoms with Crippen LogP contribution in [0.1, 0.15) is 18.4 Å². The van der Waals surface area contributed by atoms with Gasteiger partial charge in [0.15, 0.2) is 0 Å². The van der Waals surface area contributed by atoms with Gasteiger partial charge in [0, 0.05) is 43.5 Å². The molecule has 0 radical (unpaired) electrons. The van der Waals surface area contributed by atoms with Crippen molar-refractivity contribution in [2.75, 3.05) is 25.1 Å². The van der Waals surface area contributed by atoms with Crippen LogP contribution in [0.25, 0.3) is 0 Å². The van der Waals surface area contributed by atoms with Gasteiger partial charge in [-0.05, 0) is 18.9 Å². The molecule has 1 fully saturated rings. The van der Waals surface area contributed by atoms with Gasteiger partial charge >= 0.3 is 0 Å². The smallest absolute Gasteiger partial charge is 0.223 e. The number of rotatable bonds is 5. The molecule has 0 aliphatic carbocycles. The first-order valence-electron chi connectivity index (χ1n) is 8.18. The lowest BCUT2D eigenvalue weighted by Crippen LogP contribution is -2.40. The minimum Gasteiger partial charge on any atom is -0.496 e. The van der Waals surface area contributed by atoms with Crippen molar-refractivity contribution in [3.05, 3.63) is 48.4 Å². The standard InChI is InChI=1S/C18H22N4O2/c1-24-16-5-3-2-4-15(16)12-21-18(23)14-6-10-22(11-7-14)17-13-19-8-9-20-17/h2-5,8-9,13-14H,6-7,10-12H2,1H3,(H,21,23). The summed E-state index contributed by atoms with van der Waals surface area (Å²) >= 11 is 0. The molecule has 6 nitrogen and oxygen atoms in total. The average molecular weight is 326 g/mol. The summed E-state index contributed by atoms with van der Waals surface area (Å²) in [7, 11) is 1.64. The highest BCUT2D eigenvalue weighted by Gasteiger charge is 2.25. The fourth-order valence-corrected chi connectivity index (χ4v) is 3.00. The highest BCUT2D eigenvalue weighted by Crippen LogP contribution is 2.22. The molecular formula is C18H22N4O2. The van der Waals surface area contributed by atoms with Crippen LogP contribution < -0.4 is 15.0 Å². The molecule has 2 heterocycles. The van der Waals surface area contributed by atoms with E-state index in [9.17, 15) is 4.79 Å². The van der Waals surface area contributed by atoms with E-state index in [-0.39, 0.29) is 11.8 Å². The van der Waals surface area contributed by atoms with Crippen molar-refractivity contribution in [2.24, 2.45) is 5.92 Å². The Balaban J connectivity index is 1.50. The second-order valence-electron chi connectivity index (χ2n) is 5.85. The number of aromatic nitrogens is 2. The second kappa shape index (κ2) is 7.77. The highest BCUT2D eigenvalue weighted by molar-refractivity contribution is 5.79. The molecule has 1 N–H and O–H groups in total. The fraction of sp³-hybridized carbons (Fsp3) is 0.389. The average Bonchev–Trinajstić information content (AvgIpc) is 2.67. The van der Waals surface area contributed by atoms with Crippen LogP contribution in [0.4, 0.5) is 5.82 Å². The molecule has 1 amide bonds. The van der Waals surface area contributed by atoms with E-state index in [1.807, 2.05) is 24.3 Å². The molecule has 0 spiro atoms. The number of anilines is 1. The first-order chi connectivity index (χ1) is 11.8. The summed E-state index contributed by atoms with van der Waals surface area (Å²) in [6.07, 6.45) is 6.79. The number of ether oxygens (including phenoxy) is 1. The Hall–Kier alpha value is -2.63. The molecule has 0 unspecified atom stereocenters. The Kier molecular flexibility index (Phi) is 5.25. The maximum atomic E-state index is 12.4. The lowest BCUT2D eigenvalue weighted by molar-refractivity contribution is -0.125. The zero-order chi connectivity index (χ0) is 16.8. The highest BCUT2D eigenvalue weighted by atomic mass is 16.5. The second-order valence-corrected chi connectivity index (χ2v) is 5.85. The molecule has 1 aromatic carbocycles. The predicted molar refractivity (Wildman–Crippen MR) is 91.8 cm³/mol. The normalized spacial score (nSPS) is 15.1. The van der Waals surface area contributed by atoms with Crippen LogP contribution in [-0.4, -0.2) is 36.1 Å². The summed E-state index contributed by atoms with van der Waals surface area (Å²) in [6.45, 7) is 2.14. The van der Waals surface area contributed by atoms with Gasteiger partial charge in [0.05, 0.1) is 13.3 Å². The van der Waals surface area contributed by atoms with Crippen molar-refractivity contribution >= 4 is 11.7 Å². The quantitative estimate of drug-likeness (QED) is 0.910. The van der Waals surface area contributed by atoms with Crippen molar-refractivity contribution in [3.8, 4) is 5.75 Å². The molecule has 6 heteroatoms. The van der Waals surface area contributed by atoms with E-state index in [4.69, 9.17) is 4.74 Å². The molecule has 1 aliphatic heterocycles. The van der Waals surface area contributed by atoms with Crippen LogP contribution >= 0.6 is 0 Å². The molecule has 0 saturated carbocycles. The van der Waals surface area contributed by atoms with E-state index in [0.29, 0.717) is 6.54 Å². The third kappa shape index (κ3) is 3.82. The molecule has 126 valence electrons.